The first kappa shape index (κ1) is 17.7. The quantitative estimate of drug-likeness (QED) is 0.574. The summed E-state index contributed by atoms with van der Waals surface area (Å²) in [6.07, 6.45) is 11.8. The Kier molecular flexibility index (Phi) is 6.68. The minimum absolute atomic E-state index is 0.473. The van der Waals surface area contributed by atoms with Crippen LogP contribution in [0.25, 0.3) is 0 Å². The van der Waals surface area contributed by atoms with Gasteiger partial charge < -0.3 is 5.32 Å². The molecule has 0 saturated heterocycles. The van der Waals surface area contributed by atoms with Gasteiger partial charge in [-0.25, -0.2) is 0 Å². The summed E-state index contributed by atoms with van der Waals surface area (Å²) >= 11 is 0. The molecule has 2 saturated carbocycles. The molecule has 2 atom stereocenters. The van der Waals surface area contributed by atoms with Gasteiger partial charge in [0.2, 0.25) is 5.91 Å². The van der Waals surface area contributed by atoms with E-state index >= 15 is 0 Å². The normalized spacial score (nSPS) is 28.9. The fourth-order valence-corrected chi connectivity index (χ4v) is 4.71. The van der Waals surface area contributed by atoms with Gasteiger partial charge in [0.15, 0.2) is 5.75 Å². The van der Waals surface area contributed by atoms with Gasteiger partial charge in [-0.2, -0.15) is 8.42 Å². The number of hydrogen-bond acceptors (Lipinski definition) is 4. The van der Waals surface area contributed by atoms with Crippen LogP contribution in [-0.4, -0.2) is 33.7 Å². The summed E-state index contributed by atoms with van der Waals surface area (Å²) in [6.45, 7) is 0.559. The van der Waals surface area contributed by atoms with Gasteiger partial charge in [0.25, 0.3) is 10.1 Å². The monoisotopic (exact) mass is 331 g/mol. The Balaban J connectivity index is 1.63. The number of amides is 1. The smallest absolute Gasteiger partial charge is 0.276 e. The molecule has 0 aliphatic heterocycles. The van der Waals surface area contributed by atoms with Gasteiger partial charge in [-0.15, -0.1) is 0 Å². The van der Waals surface area contributed by atoms with Crippen molar-refractivity contribution in [3.05, 3.63) is 0 Å². The third-order valence-electron chi connectivity index (χ3n) is 5.15. The van der Waals surface area contributed by atoms with Gasteiger partial charge in [-0.05, 0) is 49.9 Å². The van der Waals surface area contributed by atoms with Crippen LogP contribution in [-0.2, 0) is 19.1 Å². The molecule has 2 fully saturated rings. The van der Waals surface area contributed by atoms with Crippen LogP contribution in [0.3, 0.4) is 0 Å². The van der Waals surface area contributed by atoms with Crippen LogP contribution >= 0.6 is 0 Å². The molecule has 128 valence electrons. The topological polar surface area (TPSA) is 72.5 Å². The van der Waals surface area contributed by atoms with E-state index in [2.05, 4.69) is 9.50 Å². The predicted molar refractivity (Wildman–Crippen MR) is 85.8 cm³/mol. The Labute approximate surface area is 134 Å². The van der Waals surface area contributed by atoms with E-state index in [0.717, 1.165) is 37.7 Å². The molecule has 2 aliphatic carbocycles. The van der Waals surface area contributed by atoms with Crippen LogP contribution < -0.4 is 5.32 Å². The first-order valence-corrected chi connectivity index (χ1v) is 10.1. The molecule has 0 radical (unpaired) electrons. The maximum atomic E-state index is 11.5. The highest BCUT2D eigenvalue weighted by Gasteiger charge is 2.29. The summed E-state index contributed by atoms with van der Waals surface area (Å²) in [4.78, 5) is 11.5. The molecule has 0 aromatic carbocycles. The van der Waals surface area contributed by atoms with Crippen molar-refractivity contribution in [3.8, 4) is 0 Å². The largest absolute Gasteiger partial charge is 0.355 e. The van der Waals surface area contributed by atoms with Gasteiger partial charge in [-0.1, -0.05) is 25.7 Å². The molecule has 0 heterocycles. The standard InChI is InChI=1S/C16H29NO4S/c1-21-22(19,20)12-16(18)17-8-4-7-15-10-13-5-2-3-6-14(9-13)11-15/h13-15H,2-12H2,1H3,(H,17,18). The summed E-state index contributed by atoms with van der Waals surface area (Å²) in [5, 5.41) is 2.68. The van der Waals surface area contributed by atoms with Crippen molar-refractivity contribution >= 4 is 16.0 Å². The zero-order chi connectivity index (χ0) is 16.0. The summed E-state index contributed by atoms with van der Waals surface area (Å²) in [5.41, 5.74) is 0. The van der Waals surface area contributed by atoms with Crippen LogP contribution in [0.2, 0.25) is 0 Å². The lowest BCUT2D eigenvalue weighted by atomic mass is 9.73. The summed E-state index contributed by atoms with van der Waals surface area (Å²) in [7, 11) is -2.63. The third-order valence-corrected chi connectivity index (χ3v) is 6.27. The van der Waals surface area contributed by atoms with Crippen LogP contribution in [0, 0.1) is 17.8 Å². The number of carbonyl (C=O) groups is 1. The third kappa shape index (κ3) is 5.88. The molecule has 0 spiro atoms. The lowest BCUT2D eigenvalue weighted by Gasteiger charge is -2.33. The lowest BCUT2D eigenvalue weighted by Crippen LogP contribution is -2.31. The first-order chi connectivity index (χ1) is 10.5. The van der Waals surface area contributed by atoms with Crippen molar-refractivity contribution in [1.29, 1.82) is 0 Å². The van der Waals surface area contributed by atoms with Crippen LogP contribution in [0.4, 0.5) is 0 Å². The molecular weight excluding hydrogens is 302 g/mol. The molecule has 5 nitrogen and oxygen atoms in total. The Bertz CT molecular complexity index is 449. The fourth-order valence-electron chi connectivity index (χ4n) is 4.17. The number of carbonyl (C=O) groups excluding carboxylic acids is 1. The van der Waals surface area contributed by atoms with Crippen molar-refractivity contribution in [2.45, 2.75) is 57.8 Å². The average Bonchev–Trinajstić information content (AvgIpc) is 2.64. The molecule has 1 N–H and O–H groups in total. The summed E-state index contributed by atoms with van der Waals surface area (Å²) in [5.74, 6) is 1.58. The van der Waals surface area contributed by atoms with E-state index < -0.39 is 21.8 Å². The summed E-state index contributed by atoms with van der Waals surface area (Å²) < 4.78 is 26.6. The molecule has 1 amide bonds. The van der Waals surface area contributed by atoms with Gasteiger partial charge in [0, 0.05) is 6.54 Å². The second kappa shape index (κ2) is 8.29. The second-order valence-electron chi connectivity index (χ2n) is 6.95. The maximum absolute atomic E-state index is 11.5. The number of nitrogens with one attached hydrogen (secondary N) is 1. The lowest BCUT2D eigenvalue weighted by molar-refractivity contribution is -0.118. The highest BCUT2D eigenvalue weighted by Crippen LogP contribution is 2.42. The molecular formula is C16H29NO4S. The predicted octanol–water partition coefficient (Wildman–Crippen LogP) is 2.47. The highest BCUT2D eigenvalue weighted by atomic mass is 32.2. The minimum Gasteiger partial charge on any atom is -0.355 e. The molecule has 2 aliphatic rings. The number of fused-ring (bicyclic) bond motifs is 2. The maximum Gasteiger partial charge on any atom is 0.276 e. The molecule has 22 heavy (non-hydrogen) atoms. The van der Waals surface area contributed by atoms with E-state index in [4.69, 9.17) is 0 Å². The van der Waals surface area contributed by atoms with Crippen molar-refractivity contribution in [1.82, 2.24) is 5.32 Å². The molecule has 6 heteroatoms. The minimum atomic E-state index is -3.70. The Morgan fingerprint density at radius 3 is 2.36 bits per heavy atom. The highest BCUT2D eigenvalue weighted by molar-refractivity contribution is 7.87. The fraction of sp³-hybridized carbons (Fsp3) is 0.938. The molecule has 0 aromatic heterocycles. The van der Waals surface area contributed by atoms with Crippen molar-refractivity contribution in [3.63, 3.8) is 0 Å². The van der Waals surface area contributed by atoms with Crippen molar-refractivity contribution in [2.24, 2.45) is 17.8 Å². The van der Waals surface area contributed by atoms with Gasteiger partial charge in [0.1, 0.15) is 0 Å². The van der Waals surface area contributed by atoms with E-state index in [0.29, 0.717) is 6.54 Å². The molecule has 2 bridgehead atoms. The number of hydrogen-bond donors (Lipinski definition) is 1. The molecule has 2 rings (SSSR count). The van der Waals surface area contributed by atoms with Crippen LogP contribution in [0.1, 0.15) is 57.8 Å². The SMILES string of the molecule is COS(=O)(=O)CC(=O)NCCCC1CC2CCCCC(C2)C1. The van der Waals surface area contributed by atoms with E-state index in [9.17, 15) is 13.2 Å². The van der Waals surface area contributed by atoms with E-state index in [1.54, 1.807) is 0 Å². The van der Waals surface area contributed by atoms with E-state index in [-0.39, 0.29) is 0 Å². The van der Waals surface area contributed by atoms with E-state index in [1.165, 1.54) is 44.9 Å². The van der Waals surface area contributed by atoms with Crippen molar-refractivity contribution < 1.29 is 17.4 Å². The van der Waals surface area contributed by atoms with Crippen molar-refractivity contribution in [2.75, 3.05) is 19.4 Å². The molecule has 2 unspecified atom stereocenters. The number of rotatable bonds is 7. The van der Waals surface area contributed by atoms with Crippen LogP contribution in [0.15, 0.2) is 0 Å². The van der Waals surface area contributed by atoms with Gasteiger partial charge >= 0.3 is 0 Å². The summed E-state index contributed by atoms with van der Waals surface area (Å²) in [6, 6.07) is 0. The average molecular weight is 331 g/mol. The zero-order valence-corrected chi connectivity index (χ0v) is 14.4. The second-order valence-corrected chi connectivity index (χ2v) is 8.69. The van der Waals surface area contributed by atoms with Crippen LogP contribution in [0.5, 0.6) is 0 Å². The first-order valence-electron chi connectivity index (χ1n) is 8.53. The van der Waals surface area contributed by atoms with Gasteiger partial charge in [-0.3, -0.25) is 8.98 Å². The van der Waals surface area contributed by atoms with E-state index in [1.807, 2.05) is 0 Å². The Hall–Kier alpha value is -0.620. The zero-order valence-electron chi connectivity index (χ0n) is 13.6. The van der Waals surface area contributed by atoms with Gasteiger partial charge in [0.05, 0.1) is 7.11 Å². The Morgan fingerprint density at radius 2 is 1.77 bits per heavy atom. The Morgan fingerprint density at radius 1 is 1.14 bits per heavy atom. The molecule has 0 aromatic rings.